The quantitative estimate of drug-likeness (QED) is 0.876. The fourth-order valence-electron chi connectivity index (χ4n) is 2.94. The first-order valence-electron chi connectivity index (χ1n) is 7.14. The summed E-state index contributed by atoms with van der Waals surface area (Å²) in [5, 5.41) is 3.37. The van der Waals surface area contributed by atoms with Gasteiger partial charge in [-0.1, -0.05) is 34.8 Å². The van der Waals surface area contributed by atoms with Gasteiger partial charge in [0.2, 0.25) is 0 Å². The number of nitrogens with one attached hydrogen (secondary N) is 1. The first-order valence-corrected chi connectivity index (χ1v) is 7.93. The van der Waals surface area contributed by atoms with Crippen LogP contribution in [0.3, 0.4) is 0 Å². The lowest BCUT2D eigenvalue weighted by Gasteiger charge is -2.36. The minimum atomic E-state index is -0.0708. The van der Waals surface area contributed by atoms with E-state index in [9.17, 15) is 4.39 Å². The molecule has 1 saturated carbocycles. The maximum absolute atomic E-state index is 14.3. The Hall–Kier alpha value is -0.160. The fraction of sp³-hybridized carbons (Fsp3) is 0.600. The van der Waals surface area contributed by atoms with Crippen LogP contribution in [0.5, 0.6) is 0 Å². The first-order chi connectivity index (χ1) is 9.25. The van der Waals surface area contributed by atoms with Crippen LogP contribution in [0.15, 0.2) is 22.7 Å². The predicted molar refractivity (Wildman–Crippen MR) is 85.9 cm³/mol. The zero-order valence-corrected chi connectivity index (χ0v) is 13.9. The summed E-state index contributed by atoms with van der Waals surface area (Å²) in [5.74, 6) is 0.727. The van der Waals surface area contributed by atoms with Gasteiger partial charge in [0.25, 0.3) is 0 Å². The van der Waals surface area contributed by atoms with E-state index in [1.54, 1.807) is 12.1 Å². The Morgan fingerprint density at radius 3 is 2.60 bits per heavy atom. The first kappa shape index (κ1) is 16.2. The molecule has 3 rings (SSSR count). The Bertz CT molecular complexity index is 427. The maximum atomic E-state index is 14.3. The number of halogens is 3. The third-order valence-electron chi connectivity index (χ3n) is 4.18. The number of hydrogen-bond acceptors (Lipinski definition) is 2. The standard InChI is InChI=1S/C15H20BrFN2.ClH/c16-12-2-1-3-13(17)15(12)14(10-11-4-5-11)19-8-6-18-7-9-19;/h1-3,11,14,18H,4-10H2;1H/t14-;/m0./s1. The number of hydrogen-bond donors (Lipinski definition) is 1. The highest BCUT2D eigenvalue weighted by molar-refractivity contribution is 9.10. The lowest BCUT2D eigenvalue weighted by molar-refractivity contribution is 0.157. The molecule has 1 saturated heterocycles. The molecule has 1 N–H and O–H groups in total. The molecule has 112 valence electrons. The lowest BCUT2D eigenvalue weighted by Crippen LogP contribution is -2.45. The van der Waals surface area contributed by atoms with Crippen molar-refractivity contribution in [3.05, 3.63) is 34.1 Å². The maximum Gasteiger partial charge on any atom is 0.129 e. The minimum absolute atomic E-state index is 0. The molecule has 2 aliphatic rings. The molecule has 5 heteroatoms. The van der Waals surface area contributed by atoms with Crippen LogP contribution in [0.2, 0.25) is 0 Å². The van der Waals surface area contributed by atoms with E-state index in [1.807, 2.05) is 6.07 Å². The Morgan fingerprint density at radius 2 is 2.00 bits per heavy atom. The molecule has 0 aromatic heterocycles. The zero-order chi connectivity index (χ0) is 13.2. The molecule has 1 aromatic rings. The van der Waals surface area contributed by atoms with Crippen LogP contribution in [0.1, 0.15) is 30.9 Å². The van der Waals surface area contributed by atoms with Crippen LogP contribution < -0.4 is 5.32 Å². The van der Waals surface area contributed by atoms with Crippen LogP contribution in [-0.4, -0.2) is 31.1 Å². The predicted octanol–water partition coefficient (Wildman–Crippen LogP) is 3.76. The molecular weight excluding hydrogens is 343 g/mol. The number of benzene rings is 1. The Balaban J connectivity index is 0.00000147. The average molecular weight is 364 g/mol. The molecule has 1 atom stereocenters. The Morgan fingerprint density at radius 1 is 1.30 bits per heavy atom. The second kappa shape index (κ2) is 7.21. The van der Waals surface area contributed by atoms with E-state index >= 15 is 0 Å². The topological polar surface area (TPSA) is 15.3 Å². The monoisotopic (exact) mass is 362 g/mol. The fourth-order valence-corrected chi connectivity index (χ4v) is 3.55. The molecule has 1 heterocycles. The van der Waals surface area contributed by atoms with E-state index in [4.69, 9.17) is 0 Å². The van der Waals surface area contributed by atoms with E-state index in [0.29, 0.717) is 0 Å². The van der Waals surface area contributed by atoms with Gasteiger partial charge in [0.05, 0.1) is 0 Å². The van der Waals surface area contributed by atoms with E-state index in [0.717, 1.165) is 48.6 Å². The molecule has 20 heavy (non-hydrogen) atoms. The van der Waals surface area contributed by atoms with Crippen molar-refractivity contribution in [2.75, 3.05) is 26.2 Å². The van der Waals surface area contributed by atoms with E-state index in [-0.39, 0.29) is 24.3 Å². The summed E-state index contributed by atoms with van der Waals surface area (Å²) in [6.45, 7) is 4.04. The van der Waals surface area contributed by atoms with Crippen LogP contribution in [-0.2, 0) is 0 Å². The highest BCUT2D eigenvalue weighted by Crippen LogP contribution is 2.42. The molecule has 0 amide bonds. The summed E-state index contributed by atoms with van der Waals surface area (Å²) >= 11 is 3.54. The number of nitrogens with zero attached hydrogens (tertiary/aromatic N) is 1. The molecule has 2 fully saturated rings. The molecule has 0 unspecified atom stereocenters. The highest BCUT2D eigenvalue weighted by atomic mass is 79.9. The highest BCUT2D eigenvalue weighted by Gasteiger charge is 2.32. The molecule has 0 bridgehead atoms. The lowest BCUT2D eigenvalue weighted by atomic mass is 9.98. The third kappa shape index (κ3) is 3.73. The summed E-state index contributed by atoms with van der Waals surface area (Å²) in [7, 11) is 0. The van der Waals surface area contributed by atoms with Crippen molar-refractivity contribution in [2.45, 2.75) is 25.3 Å². The smallest absolute Gasteiger partial charge is 0.129 e. The van der Waals surface area contributed by atoms with Crippen molar-refractivity contribution in [1.29, 1.82) is 0 Å². The average Bonchev–Trinajstić information content (AvgIpc) is 3.22. The Kier molecular flexibility index (Phi) is 5.84. The van der Waals surface area contributed by atoms with Gasteiger partial charge >= 0.3 is 0 Å². The van der Waals surface area contributed by atoms with Crippen molar-refractivity contribution in [1.82, 2.24) is 10.2 Å². The second-order valence-electron chi connectivity index (χ2n) is 5.62. The summed E-state index contributed by atoms with van der Waals surface area (Å²) in [6.07, 6.45) is 3.73. The minimum Gasteiger partial charge on any atom is -0.314 e. The SMILES string of the molecule is Cl.Fc1cccc(Br)c1[C@H](CC1CC1)N1CCNCC1. The third-order valence-corrected chi connectivity index (χ3v) is 4.87. The van der Waals surface area contributed by atoms with Crippen molar-refractivity contribution < 1.29 is 4.39 Å². The van der Waals surface area contributed by atoms with Crippen molar-refractivity contribution in [3.63, 3.8) is 0 Å². The van der Waals surface area contributed by atoms with Gasteiger partial charge in [0.1, 0.15) is 5.82 Å². The molecular formula is C15H21BrClFN2. The summed E-state index contributed by atoms with van der Waals surface area (Å²) < 4.78 is 15.2. The number of rotatable bonds is 4. The Labute approximate surface area is 134 Å². The van der Waals surface area contributed by atoms with Crippen LogP contribution >= 0.6 is 28.3 Å². The molecule has 2 nitrogen and oxygen atoms in total. The molecule has 0 spiro atoms. The van der Waals surface area contributed by atoms with E-state index in [1.165, 1.54) is 12.8 Å². The van der Waals surface area contributed by atoms with Crippen LogP contribution in [0, 0.1) is 11.7 Å². The van der Waals surface area contributed by atoms with E-state index < -0.39 is 0 Å². The van der Waals surface area contributed by atoms with Gasteiger partial charge in [-0.15, -0.1) is 12.4 Å². The molecule has 0 radical (unpaired) electrons. The van der Waals surface area contributed by atoms with Gasteiger partial charge in [-0.3, -0.25) is 4.90 Å². The van der Waals surface area contributed by atoms with Gasteiger partial charge in [-0.25, -0.2) is 4.39 Å². The van der Waals surface area contributed by atoms with Crippen molar-refractivity contribution in [3.8, 4) is 0 Å². The molecule has 1 aliphatic carbocycles. The van der Waals surface area contributed by atoms with Crippen LogP contribution in [0.4, 0.5) is 4.39 Å². The largest absolute Gasteiger partial charge is 0.314 e. The van der Waals surface area contributed by atoms with Gasteiger partial charge in [-0.2, -0.15) is 0 Å². The molecule has 1 aromatic carbocycles. The van der Waals surface area contributed by atoms with Gasteiger partial charge in [-0.05, 0) is 24.5 Å². The van der Waals surface area contributed by atoms with Crippen molar-refractivity contribution in [2.24, 2.45) is 5.92 Å². The zero-order valence-electron chi connectivity index (χ0n) is 11.4. The van der Waals surface area contributed by atoms with Gasteiger partial charge < -0.3 is 5.32 Å². The van der Waals surface area contributed by atoms with Crippen LogP contribution in [0.25, 0.3) is 0 Å². The van der Waals surface area contributed by atoms with E-state index in [2.05, 4.69) is 26.1 Å². The molecule has 1 aliphatic heterocycles. The second-order valence-corrected chi connectivity index (χ2v) is 6.47. The van der Waals surface area contributed by atoms with Gasteiger partial charge in [0, 0.05) is 42.3 Å². The summed E-state index contributed by atoms with van der Waals surface area (Å²) in [5.41, 5.74) is 0.858. The summed E-state index contributed by atoms with van der Waals surface area (Å²) in [4.78, 5) is 2.44. The normalized spacial score (nSPS) is 21.3. The van der Waals surface area contributed by atoms with Crippen molar-refractivity contribution >= 4 is 28.3 Å². The van der Waals surface area contributed by atoms with Gasteiger partial charge in [0.15, 0.2) is 0 Å². The summed E-state index contributed by atoms with van der Waals surface area (Å²) in [6, 6.07) is 5.54. The number of piperazine rings is 1.